The second kappa shape index (κ2) is 9.40. The molecule has 2 fully saturated rings. The number of benzene rings is 1. The molecule has 0 spiro atoms. The van der Waals surface area contributed by atoms with Gasteiger partial charge in [-0.2, -0.15) is 0 Å². The fourth-order valence-corrected chi connectivity index (χ4v) is 4.14. The van der Waals surface area contributed by atoms with Crippen LogP contribution in [0.15, 0.2) is 30.6 Å². The van der Waals surface area contributed by atoms with E-state index in [4.69, 9.17) is 11.6 Å². The van der Waals surface area contributed by atoms with Crippen LogP contribution in [0.25, 0.3) is 10.8 Å². The number of hydrogen-bond acceptors (Lipinski definition) is 3. The second-order valence-electron chi connectivity index (χ2n) is 7.36. The van der Waals surface area contributed by atoms with Gasteiger partial charge < -0.3 is 10.4 Å². The van der Waals surface area contributed by atoms with Crippen LogP contribution >= 0.6 is 11.6 Å². The summed E-state index contributed by atoms with van der Waals surface area (Å²) < 4.78 is 0. The third-order valence-electron chi connectivity index (χ3n) is 5.39. The van der Waals surface area contributed by atoms with E-state index < -0.39 is 0 Å². The van der Waals surface area contributed by atoms with Crippen LogP contribution in [0.1, 0.15) is 64.2 Å². The summed E-state index contributed by atoms with van der Waals surface area (Å²) in [7, 11) is 0. The Hall–Kier alpha value is -1.32. The number of aromatic hydroxyl groups is 1. The van der Waals surface area contributed by atoms with Crippen LogP contribution in [-0.2, 0) is 0 Å². The number of fused-ring (bicyclic) bond motifs is 1. The molecule has 3 nitrogen and oxygen atoms in total. The molecule has 0 saturated heterocycles. The van der Waals surface area contributed by atoms with Crippen molar-refractivity contribution < 1.29 is 5.11 Å². The normalized spacial score (nSPS) is 19.4. The van der Waals surface area contributed by atoms with E-state index in [9.17, 15) is 5.11 Å². The Bertz CT molecular complexity index is 607. The monoisotopic (exact) mass is 360 g/mol. The SMILES string of the molecule is C1CCC(NC2CCCCC2)CC1.Oc1cc2ccncc2cc1Cl. The Morgan fingerprint density at radius 2 is 1.48 bits per heavy atom. The molecule has 1 heterocycles. The molecule has 1 aromatic heterocycles. The molecule has 25 heavy (non-hydrogen) atoms. The molecular weight excluding hydrogens is 332 g/mol. The van der Waals surface area contributed by atoms with Gasteiger partial charge in [-0.3, -0.25) is 4.98 Å². The van der Waals surface area contributed by atoms with Crippen LogP contribution < -0.4 is 5.32 Å². The largest absolute Gasteiger partial charge is 0.506 e. The van der Waals surface area contributed by atoms with E-state index in [1.54, 1.807) is 24.5 Å². The Kier molecular flexibility index (Phi) is 6.94. The molecule has 4 heteroatoms. The molecular formula is C21H29ClN2O. The summed E-state index contributed by atoms with van der Waals surface area (Å²) in [5, 5.41) is 15.3. The fraction of sp³-hybridized carbons (Fsp3) is 0.571. The molecule has 1 aromatic carbocycles. The highest BCUT2D eigenvalue weighted by Crippen LogP contribution is 2.28. The summed E-state index contributed by atoms with van der Waals surface area (Å²) in [5.41, 5.74) is 0. The molecule has 2 aliphatic carbocycles. The van der Waals surface area contributed by atoms with Crippen molar-refractivity contribution in [3.05, 3.63) is 35.6 Å². The standard InChI is InChI=1S/C12H23N.C9H6ClNO/c1-3-7-11(8-4-1)13-12-9-5-2-6-10-12;10-8-3-7-5-11-2-1-6(7)4-9(8)12/h11-13H,1-10H2;1-5,12H. The van der Waals surface area contributed by atoms with Gasteiger partial charge in [-0.15, -0.1) is 0 Å². The first-order chi connectivity index (χ1) is 12.2. The molecule has 4 rings (SSSR count). The lowest BCUT2D eigenvalue weighted by atomic mass is 9.91. The molecule has 0 radical (unpaired) electrons. The predicted molar refractivity (Wildman–Crippen MR) is 105 cm³/mol. The summed E-state index contributed by atoms with van der Waals surface area (Å²) >= 11 is 5.71. The number of rotatable bonds is 2. The first-order valence-corrected chi connectivity index (χ1v) is 10.1. The summed E-state index contributed by atoms with van der Waals surface area (Å²) in [6.07, 6.45) is 17.9. The van der Waals surface area contributed by atoms with E-state index in [2.05, 4.69) is 10.3 Å². The Morgan fingerprint density at radius 1 is 0.880 bits per heavy atom. The van der Waals surface area contributed by atoms with Gasteiger partial charge in [0.2, 0.25) is 0 Å². The zero-order valence-corrected chi connectivity index (χ0v) is 15.6. The molecule has 0 unspecified atom stereocenters. The first-order valence-electron chi connectivity index (χ1n) is 9.70. The number of hydrogen-bond donors (Lipinski definition) is 2. The van der Waals surface area contributed by atoms with Crippen molar-refractivity contribution in [3.63, 3.8) is 0 Å². The number of nitrogens with zero attached hydrogens (tertiary/aromatic N) is 1. The predicted octanol–water partition coefficient (Wildman–Crippen LogP) is 5.84. The van der Waals surface area contributed by atoms with Gasteiger partial charge in [0.1, 0.15) is 5.75 Å². The van der Waals surface area contributed by atoms with E-state index >= 15 is 0 Å². The third kappa shape index (κ3) is 5.58. The number of pyridine rings is 1. The van der Waals surface area contributed by atoms with Crippen molar-refractivity contribution in [3.8, 4) is 5.75 Å². The molecule has 0 bridgehead atoms. The Balaban J connectivity index is 0.000000146. The minimum Gasteiger partial charge on any atom is -0.506 e. The van der Waals surface area contributed by atoms with Crippen LogP contribution in [0.5, 0.6) is 5.75 Å². The molecule has 0 atom stereocenters. The van der Waals surface area contributed by atoms with E-state index in [1.807, 2.05) is 6.07 Å². The van der Waals surface area contributed by atoms with Crippen LogP contribution in [0.3, 0.4) is 0 Å². The summed E-state index contributed by atoms with van der Waals surface area (Å²) in [5.74, 6) is 0.107. The van der Waals surface area contributed by atoms with E-state index in [0.717, 1.165) is 22.9 Å². The average Bonchev–Trinajstić information content (AvgIpc) is 2.65. The van der Waals surface area contributed by atoms with Gasteiger partial charge in [0, 0.05) is 29.9 Å². The van der Waals surface area contributed by atoms with E-state index in [1.165, 1.54) is 64.2 Å². The van der Waals surface area contributed by atoms with E-state index in [0.29, 0.717) is 5.02 Å². The van der Waals surface area contributed by atoms with Crippen LogP contribution in [-0.4, -0.2) is 22.2 Å². The molecule has 2 saturated carbocycles. The lowest BCUT2D eigenvalue weighted by Crippen LogP contribution is -2.40. The maximum absolute atomic E-state index is 9.26. The van der Waals surface area contributed by atoms with Crippen molar-refractivity contribution >= 4 is 22.4 Å². The van der Waals surface area contributed by atoms with Crippen LogP contribution in [0, 0.1) is 0 Å². The van der Waals surface area contributed by atoms with Gasteiger partial charge in [-0.1, -0.05) is 50.1 Å². The lowest BCUT2D eigenvalue weighted by Gasteiger charge is -2.30. The topological polar surface area (TPSA) is 45.1 Å². The quantitative estimate of drug-likeness (QED) is 0.707. The highest BCUT2D eigenvalue weighted by atomic mass is 35.5. The number of aromatic nitrogens is 1. The van der Waals surface area contributed by atoms with Gasteiger partial charge in [0.25, 0.3) is 0 Å². The molecule has 0 aliphatic heterocycles. The number of halogens is 1. The maximum atomic E-state index is 9.26. The minimum absolute atomic E-state index is 0.107. The molecule has 2 N–H and O–H groups in total. The Labute approximate surface area is 155 Å². The van der Waals surface area contributed by atoms with Gasteiger partial charge in [-0.05, 0) is 49.3 Å². The van der Waals surface area contributed by atoms with Gasteiger partial charge in [0.05, 0.1) is 5.02 Å². The summed E-state index contributed by atoms with van der Waals surface area (Å²) in [4.78, 5) is 3.94. The van der Waals surface area contributed by atoms with Crippen LogP contribution in [0.4, 0.5) is 0 Å². The van der Waals surface area contributed by atoms with Crippen molar-refractivity contribution in [2.75, 3.05) is 0 Å². The highest BCUT2D eigenvalue weighted by molar-refractivity contribution is 6.32. The summed E-state index contributed by atoms with van der Waals surface area (Å²) in [6.45, 7) is 0. The third-order valence-corrected chi connectivity index (χ3v) is 5.69. The highest BCUT2D eigenvalue weighted by Gasteiger charge is 2.19. The smallest absolute Gasteiger partial charge is 0.134 e. The average molecular weight is 361 g/mol. The molecule has 136 valence electrons. The van der Waals surface area contributed by atoms with Crippen LogP contribution in [0.2, 0.25) is 5.02 Å². The van der Waals surface area contributed by atoms with Crippen molar-refractivity contribution in [2.45, 2.75) is 76.3 Å². The van der Waals surface area contributed by atoms with Crippen molar-refractivity contribution in [1.82, 2.24) is 10.3 Å². The number of phenolic OH excluding ortho intramolecular Hbond substituents is 1. The van der Waals surface area contributed by atoms with E-state index in [-0.39, 0.29) is 5.75 Å². The minimum atomic E-state index is 0.107. The number of phenols is 1. The van der Waals surface area contributed by atoms with Gasteiger partial charge in [0.15, 0.2) is 0 Å². The van der Waals surface area contributed by atoms with Gasteiger partial charge >= 0.3 is 0 Å². The molecule has 2 aliphatic rings. The molecule has 2 aromatic rings. The zero-order chi connectivity index (χ0) is 17.5. The Morgan fingerprint density at radius 3 is 2.08 bits per heavy atom. The van der Waals surface area contributed by atoms with Gasteiger partial charge in [-0.25, -0.2) is 0 Å². The fourth-order valence-electron chi connectivity index (χ4n) is 3.97. The first kappa shape index (κ1) is 18.5. The maximum Gasteiger partial charge on any atom is 0.134 e. The summed E-state index contributed by atoms with van der Waals surface area (Å²) in [6, 6.07) is 6.89. The van der Waals surface area contributed by atoms with Crippen molar-refractivity contribution in [1.29, 1.82) is 0 Å². The molecule has 0 amide bonds. The van der Waals surface area contributed by atoms with Crippen molar-refractivity contribution in [2.24, 2.45) is 0 Å². The second-order valence-corrected chi connectivity index (χ2v) is 7.77. The lowest BCUT2D eigenvalue weighted by molar-refractivity contribution is 0.291. The zero-order valence-electron chi connectivity index (χ0n) is 14.9. The number of nitrogens with one attached hydrogen (secondary N) is 1.